The minimum atomic E-state index is -0.543. The van der Waals surface area contributed by atoms with Gasteiger partial charge in [0.2, 0.25) is 5.88 Å². The number of halogens is 1. The van der Waals surface area contributed by atoms with E-state index < -0.39 is 11.7 Å². The summed E-state index contributed by atoms with van der Waals surface area (Å²) >= 11 is 0. The molecular weight excluding hydrogens is 337 g/mol. The molecule has 1 aliphatic rings. The van der Waals surface area contributed by atoms with Gasteiger partial charge in [0.15, 0.2) is 0 Å². The van der Waals surface area contributed by atoms with Gasteiger partial charge in [-0.2, -0.15) is 0 Å². The van der Waals surface area contributed by atoms with Crippen molar-refractivity contribution in [1.82, 2.24) is 20.2 Å². The largest absolute Gasteiger partial charge is 0.476 e. The molecule has 3 rings (SSSR count). The average Bonchev–Trinajstić information content (AvgIpc) is 2.66. The second kappa shape index (κ2) is 8.57. The Hall–Kier alpha value is -2.74. The van der Waals surface area contributed by atoms with E-state index >= 15 is 0 Å². The first kappa shape index (κ1) is 18.1. The van der Waals surface area contributed by atoms with Gasteiger partial charge in [0.25, 0.3) is 5.91 Å². The van der Waals surface area contributed by atoms with Gasteiger partial charge in [-0.25, -0.2) is 14.4 Å². The lowest BCUT2D eigenvalue weighted by Gasteiger charge is -2.33. The molecule has 1 N–H and O–H groups in total. The zero-order chi connectivity index (χ0) is 18.4. The third-order valence-electron chi connectivity index (χ3n) is 4.21. The zero-order valence-electron chi connectivity index (χ0n) is 14.7. The number of benzene rings is 1. The van der Waals surface area contributed by atoms with Gasteiger partial charge >= 0.3 is 0 Å². The predicted molar refractivity (Wildman–Crippen MR) is 96.0 cm³/mol. The number of rotatable bonds is 6. The fourth-order valence-electron chi connectivity index (χ4n) is 2.68. The van der Waals surface area contributed by atoms with Crippen molar-refractivity contribution in [2.75, 3.05) is 51.3 Å². The summed E-state index contributed by atoms with van der Waals surface area (Å²) in [4.78, 5) is 24.8. The molecule has 1 aliphatic heterocycles. The molecule has 1 fully saturated rings. The molecule has 1 amide bonds. The minimum Gasteiger partial charge on any atom is -0.476 e. The highest BCUT2D eigenvalue weighted by Crippen LogP contribution is 2.17. The van der Waals surface area contributed by atoms with E-state index in [-0.39, 0.29) is 18.7 Å². The first-order chi connectivity index (χ1) is 12.6. The van der Waals surface area contributed by atoms with E-state index in [1.807, 2.05) is 0 Å². The summed E-state index contributed by atoms with van der Waals surface area (Å²) in [7, 11) is 2.10. The lowest BCUT2D eigenvalue weighted by atomic mass is 10.2. The van der Waals surface area contributed by atoms with Crippen molar-refractivity contribution in [2.24, 2.45) is 0 Å². The Bertz CT molecular complexity index is 750. The first-order valence-corrected chi connectivity index (χ1v) is 8.54. The molecule has 0 radical (unpaired) electrons. The van der Waals surface area contributed by atoms with Crippen LogP contribution in [0, 0.1) is 5.82 Å². The number of anilines is 1. The van der Waals surface area contributed by atoms with Gasteiger partial charge in [0.05, 0.1) is 12.1 Å². The van der Waals surface area contributed by atoms with Crippen LogP contribution in [0.4, 0.5) is 10.2 Å². The third-order valence-corrected chi connectivity index (χ3v) is 4.21. The average molecular weight is 359 g/mol. The van der Waals surface area contributed by atoms with Crippen LogP contribution in [-0.4, -0.2) is 67.2 Å². The molecule has 0 aliphatic carbocycles. The standard InChI is InChI=1S/C18H22FN5O2/c1-23-7-9-24(10-8-23)16-12-17(22-13-21-16)26-11-6-20-18(25)14-4-2-3-5-15(14)19/h2-5,12-13H,6-11H2,1H3,(H,20,25). The van der Waals surface area contributed by atoms with E-state index in [2.05, 4.69) is 32.1 Å². The monoisotopic (exact) mass is 359 g/mol. The maximum absolute atomic E-state index is 13.5. The molecular formula is C18H22FN5O2. The molecule has 8 heteroatoms. The van der Waals surface area contributed by atoms with E-state index in [0.717, 1.165) is 32.0 Å². The molecule has 26 heavy (non-hydrogen) atoms. The Kier molecular flexibility index (Phi) is 5.96. The van der Waals surface area contributed by atoms with Gasteiger partial charge in [-0.3, -0.25) is 4.79 Å². The van der Waals surface area contributed by atoms with Crippen LogP contribution in [-0.2, 0) is 0 Å². The Morgan fingerprint density at radius 3 is 2.77 bits per heavy atom. The highest BCUT2D eigenvalue weighted by atomic mass is 19.1. The van der Waals surface area contributed by atoms with E-state index in [1.54, 1.807) is 18.2 Å². The van der Waals surface area contributed by atoms with Crippen molar-refractivity contribution in [3.8, 4) is 5.88 Å². The number of piperazine rings is 1. The molecule has 0 spiro atoms. The number of hydrogen-bond acceptors (Lipinski definition) is 6. The van der Waals surface area contributed by atoms with Crippen molar-refractivity contribution in [3.05, 3.63) is 48.0 Å². The number of carbonyl (C=O) groups is 1. The van der Waals surface area contributed by atoms with Crippen LogP contribution < -0.4 is 15.0 Å². The van der Waals surface area contributed by atoms with Gasteiger partial charge in [-0.15, -0.1) is 0 Å². The molecule has 1 aromatic carbocycles. The summed E-state index contributed by atoms with van der Waals surface area (Å²) in [6.45, 7) is 4.28. The van der Waals surface area contributed by atoms with Crippen LogP contribution in [0.15, 0.2) is 36.7 Å². The zero-order valence-corrected chi connectivity index (χ0v) is 14.7. The first-order valence-electron chi connectivity index (χ1n) is 8.54. The van der Waals surface area contributed by atoms with E-state index in [0.29, 0.717) is 5.88 Å². The van der Waals surface area contributed by atoms with Crippen molar-refractivity contribution < 1.29 is 13.9 Å². The van der Waals surface area contributed by atoms with Crippen molar-refractivity contribution in [1.29, 1.82) is 0 Å². The molecule has 0 atom stereocenters. The SMILES string of the molecule is CN1CCN(c2cc(OCCNC(=O)c3ccccc3F)ncn2)CC1. The summed E-state index contributed by atoms with van der Waals surface area (Å²) < 4.78 is 19.1. The van der Waals surface area contributed by atoms with Gasteiger partial charge in [0, 0.05) is 32.2 Å². The number of ether oxygens (including phenoxy) is 1. The van der Waals surface area contributed by atoms with Crippen LogP contribution in [0.25, 0.3) is 0 Å². The highest BCUT2D eigenvalue weighted by Gasteiger charge is 2.16. The molecule has 2 heterocycles. The van der Waals surface area contributed by atoms with Crippen LogP contribution in [0.5, 0.6) is 5.88 Å². The Morgan fingerprint density at radius 1 is 1.23 bits per heavy atom. The molecule has 0 saturated carbocycles. The number of likely N-dealkylation sites (N-methyl/N-ethyl adjacent to an activating group) is 1. The van der Waals surface area contributed by atoms with Crippen LogP contribution in [0.1, 0.15) is 10.4 Å². The summed E-state index contributed by atoms with van der Waals surface area (Å²) in [6, 6.07) is 7.66. The van der Waals surface area contributed by atoms with E-state index in [4.69, 9.17) is 4.74 Å². The maximum atomic E-state index is 13.5. The fourth-order valence-corrected chi connectivity index (χ4v) is 2.68. The maximum Gasteiger partial charge on any atom is 0.254 e. The predicted octanol–water partition coefficient (Wildman–Crippen LogP) is 1.18. The molecule has 1 aromatic heterocycles. The number of nitrogens with one attached hydrogen (secondary N) is 1. The molecule has 7 nitrogen and oxygen atoms in total. The lowest BCUT2D eigenvalue weighted by Crippen LogP contribution is -2.44. The summed E-state index contributed by atoms with van der Waals surface area (Å²) in [5.74, 6) is 0.276. The molecule has 1 saturated heterocycles. The summed E-state index contributed by atoms with van der Waals surface area (Å²) in [6.07, 6.45) is 1.47. The fraction of sp³-hybridized carbons (Fsp3) is 0.389. The Balaban J connectivity index is 1.47. The smallest absolute Gasteiger partial charge is 0.254 e. The normalized spacial score (nSPS) is 14.9. The molecule has 0 bridgehead atoms. The van der Waals surface area contributed by atoms with Gasteiger partial charge in [-0.05, 0) is 19.2 Å². The Labute approximate surface area is 151 Å². The van der Waals surface area contributed by atoms with Gasteiger partial charge in [-0.1, -0.05) is 12.1 Å². The number of hydrogen-bond donors (Lipinski definition) is 1. The van der Waals surface area contributed by atoms with Crippen molar-refractivity contribution >= 4 is 11.7 Å². The third kappa shape index (κ3) is 4.66. The van der Waals surface area contributed by atoms with Crippen LogP contribution in [0.2, 0.25) is 0 Å². The van der Waals surface area contributed by atoms with E-state index in [9.17, 15) is 9.18 Å². The lowest BCUT2D eigenvalue weighted by molar-refractivity contribution is 0.0942. The van der Waals surface area contributed by atoms with Gasteiger partial charge in [0.1, 0.15) is 24.6 Å². The molecule has 0 unspecified atom stereocenters. The molecule has 138 valence electrons. The number of amides is 1. The topological polar surface area (TPSA) is 70.6 Å². The van der Waals surface area contributed by atoms with Crippen molar-refractivity contribution in [3.63, 3.8) is 0 Å². The number of carbonyl (C=O) groups excluding carboxylic acids is 1. The Morgan fingerprint density at radius 2 is 2.00 bits per heavy atom. The summed E-state index contributed by atoms with van der Waals surface area (Å²) in [5.41, 5.74) is 0.0203. The second-order valence-electron chi connectivity index (χ2n) is 6.09. The van der Waals surface area contributed by atoms with Crippen molar-refractivity contribution in [2.45, 2.75) is 0 Å². The van der Waals surface area contributed by atoms with Crippen LogP contribution in [0.3, 0.4) is 0 Å². The molecule has 2 aromatic rings. The highest BCUT2D eigenvalue weighted by molar-refractivity contribution is 5.94. The minimum absolute atomic E-state index is 0.0203. The summed E-state index contributed by atoms with van der Waals surface area (Å²) in [5, 5.41) is 2.63. The van der Waals surface area contributed by atoms with E-state index in [1.165, 1.54) is 18.5 Å². The number of nitrogens with zero attached hydrogens (tertiary/aromatic N) is 4. The number of aromatic nitrogens is 2. The quantitative estimate of drug-likeness (QED) is 0.781. The second-order valence-corrected chi connectivity index (χ2v) is 6.09. The van der Waals surface area contributed by atoms with Gasteiger partial charge < -0.3 is 19.9 Å². The van der Waals surface area contributed by atoms with Crippen LogP contribution >= 0.6 is 0 Å².